The molecule has 0 saturated carbocycles. The van der Waals surface area contributed by atoms with Crippen LogP contribution in [-0.4, -0.2) is 95.9 Å². The minimum Gasteiger partial charge on any atom is -0.394 e. The quantitative estimate of drug-likeness (QED) is 0.0147. The van der Waals surface area contributed by atoms with E-state index < -0.39 is 60.4 Å². The lowest BCUT2D eigenvalue weighted by molar-refractivity contribution is -0.207. The van der Waals surface area contributed by atoms with Crippen molar-refractivity contribution in [3.8, 4) is 0 Å². The monoisotopic (exact) mass is 906 g/mol. The molecule has 368 valence electrons. The number of hydrogen-bond donors (Lipinski definition) is 6. The Balaban J connectivity index is 4.65. The predicted octanol–water partition coefficient (Wildman–Crippen LogP) is 10.7. The average Bonchev–Trinajstić information content (AvgIpc) is 3.24. The van der Waals surface area contributed by atoms with E-state index in [-0.39, 0.29) is 12.5 Å². The van der Waals surface area contributed by atoms with Crippen molar-refractivity contribution in [3.05, 3.63) is 24.3 Å². The second-order valence-electron chi connectivity index (χ2n) is 17.4. The summed E-state index contributed by atoms with van der Waals surface area (Å²) in [5.74, 6) is -0.199. The highest BCUT2D eigenvalue weighted by Gasteiger charge is 2.33. The molecule has 0 bridgehead atoms. The molecule has 13 heteroatoms. The Kier molecular flexibility index (Phi) is 42.5. The largest absolute Gasteiger partial charge is 0.397 e. The summed E-state index contributed by atoms with van der Waals surface area (Å²) in [6.45, 7) is 4.03. The molecule has 0 aromatic heterocycles. The second kappa shape index (κ2) is 43.5. The van der Waals surface area contributed by atoms with Crippen molar-refractivity contribution in [2.45, 2.75) is 263 Å². The lowest BCUT2D eigenvalue weighted by Gasteiger charge is -2.30. The average molecular weight is 906 g/mol. The van der Waals surface area contributed by atoms with Crippen LogP contribution in [0.4, 0.5) is 0 Å². The summed E-state index contributed by atoms with van der Waals surface area (Å²) in [4.78, 5) is 13.0. The fourth-order valence-corrected chi connectivity index (χ4v) is 8.05. The molecule has 3 unspecified atom stereocenters. The zero-order valence-corrected chi connectivity index (χ0v) is 40.4. The zero-order chi connectivity index (χ0) is 45.9. The zero-order valence-electron chi connectivity index (χ0n) is 39.6. The summed E-state index contributed by atoms with van der Waals surface area (Å²) in [5.41, 5.74) is 0. The molecule has 0 heterocycles. The van der Waals surface area contributed by atoms with E-state index >= 15 is 0 Å². The van der Waals surface area contributed by atoms with Crippen molar-refractivity contribution in [3.63, 3.8) is 0 Å². The van der Waals surface area contributed by atoms with E-state index in [1.54, 1.807) is 6.08 Å². The smallest absolute Gasteiger partial charge is 0.394 e. The fourth-order valence-electron chi connectivity index (χ4n) is 7.56. The van der Waals surface area contributed by atoms with Crippen LogP contribution in [-0.2, 0) is 28.9 Å². The van der Waals surface area contributed by atoms with Gasteiger partial charge >= 0.3 is 10.4 Å². The number of carbonyl (C=O) groups is 1. The van der Waals surface area contributed by atoms with Crippen molar-refractivity contribution < 1.29 is 51.8 Å². The topological polar surface area (TPSA) is 192 Å². The van der Waals surface area contributed by atoms with Crippen LogP contribution < -0.4 is 5.32 Å². The number of aliphatic hydroxyl groups excluding tert-OH is 4. The number of unbranched alkanes of at least 4 members (excludes halogenated alkanes) is 28. The molecule has 0 saturated heterocycles. The van der Waals surface area contributed by atoms with Crippen LogP contribution in [0.25, 0.3) is 0 Å². The summed E-state index contributed by atoms with van der Waals surface area (Å²) in [6, 6.07) is -0.806. The number of carbonyl (C=O) groups excluding carboxylic acids is 1. The number of hydrogen-bond acceptors (Lipinski definition) is 10. The molecule has 12 nitrogen and oxygen atoms in total. The molecule has 0 aliphatic heterocycles. The van der Waals surface area contributed by atoms with Crippen molar-refractivity contribution in [2.24, 2.45) is 0 Å². The molecule has 62 heavy (non-hydrogen) atoms. The number of ether oxygens (including phenoxy) is 2. The molecule has 0 fully saturated rings. The van der Waals surface area contributed by atoms with Crippen LogP contribution in [0.1, 0.15) is 226 Å². The third-order valence-corrected chi connectivity index (χ3v) is 12.0. The second-order valence-corrected chi connectivity index (χ2v) is 18.4. The van der Waals surface area contributed by atoms with Gasteiger partial charge in [0.15, 0.2) is 6.29 Å². The molecule has 0 radical (unpaired) electrons. The van der Waals surface area contributed by atoms with Gasteiger partial charge in [0.2, 0.25) is 5.91 Å². The van der Waals surface area contributed by atoms with Gasteiger partial charge in [0.25, 0.3) is 0 Å². The van der Waals surface area contributed by atoms with Gasteiger partial charge in [-0.2, -0.15) is 8.42 Å². The third kappa shape index (κ3) is 39.0. The Bertz CT molecular complexity index is 1150. The Morgan fingerprint density at radius 3 is 1.37 bits per heavy atom. The highest BCUT2D eigenvalue weighted by Crippen LogP contribution is 2.17. The van der Waals surface area contributed by atoms with Crippen LogP contribution in [0.3, 0.4) is 0 Å². The van der Waals surface area contributed by atoms with E-state index in [0.29, 0.717) is 6.42 Å². The molecule has 0 rings (SSSR count). The van der Waals surface area contributed by atoms with Crippen molar-refractivity contribution in [1.29, 1.82) is 0 Å². The van der Waals surface area contributed by atoms with Gasteiger partial charge in [-0.05, 0) is 51.9 Å². The summed E-state index contributed by atoms with van der Waals surface area (Å²) in [7, 11) is -5.00. The van der Waals surface area contributed by atoms with Gasteiger partial charge in [0.05, 0.1) is 32.0 Å². The fraction of sp³-hybridized carbons (Fsp3) is 0.898. The molecular formula is C49H95NO11S. The van der Waals surface area contributed by atoms with Crippen LogP contribution >= 0.6 is 0 Å². The van der Waals surface area contributed by atoms with Gasteiger partial charge < -0.3 is 35.2 Å². The lowest BCUT2D eigenvalue weighted by Crippen LogP contribution is -2.48. The molecular weight excluding hydrogens is 811 g/mol. The molecule has 6 atom stereocenters. The molecule has 0 aromatic rings. The van der Waals surface area contributed by atoms with Crippen molar-refractivity contribution in [1.82, 2.24) is 5.32 Å². The van der Waals surface area contributed by atoms with Gasteiger partial charge in [-0.25, -0.2) is 4.18 Å². The number of aliphatic hydroxyl groups is 4. The minimum absolute atomic E-state index is 0.160. The molecule has 6 N–H and O–H groups in total. The highest BCUT2D eigenvalue weighted by atomic mass is 32.3. The maximum Gasteiger partial charge on any atom is 0.397 e. The highest BCUT2D eigenvalue weighted by molar-refractivity contribution is 7.80. The van der Waals surface area contributed by atoms with Gasteiger partial charge in [-0.3, -0.25) is 9.35 Å². The van der Waals surface area contributed by atoms with Gasteiger partial charge in [0.1, 0.15) is 18.3 Å². The first-order valence-electron chi connectivity index (χ1n) is 25.1. The Morgan fingerprint density at radius 2 is 0.968 bits per heavy atom. The van der Waals surface area contributed by atoms with Gasteiger partial charge in [0, 0.05) is 6.42 Å². The third-order valence-electron chi connectivity index (χ3n) is 11.5. The molecule has 0 aliphatic carbocycles. The van der Waals surface area contributed by atoms with Crippen LogP contribution in [0.2, 0.25) is 0 Å². The maximum absolute atomic E-state index is 13.0. The number of amides is 1. The van der Waals surface area contributed by atoms with E-state index in [2.05, 4.69) is 35.5 Å². The van der Waals surface area contributed by atoms with E-state index in [4.69, 9.17) is 14.0 Å². The summed E-state index contributed by atoms with van der Waals surface area (Å²) < 4.78 is 46.8. The molecule has 1 amide bonds. The Labute approximate surface area is 379 Å². The van der Waals surface area contributed by atoms with Crippen LogP contribution in [0, 0.1) is 0 Å². The minimum atomic E-state index is -5.00. The molecule has 0 aliphatic rings. The van der Waals surface area contributed by atoms with E-state index in [0.717, 1.165) is 44.9 Å². The van der Waals surface area contributed by atoms with Gasteiger partial charge in [-0.15, -0.1) is 0 Å². The molecule has 0 spiro atoms. The first-order chi connectivity index (χ1) is 30.0. The summed E-state index contributed by atoms with van der Waals surface area (Å²) in [6.07, 6.45) is 39.5. The normalized spacial score (nSPS) is 15.3. The maximum atomic E-state index is 13.0. The number of allylic oxidation sites excluding steroid dienone is 3. The number of rotatable bonds is 47. The summed E-state index contributed by atoms with van der Waals surface area (Å²) in [5, 5.41) is 43.7. The van der Waals surface area contributed by atoms with Crippen molar-refractivity contribution >= 4 is 16.3 Å². The standard InChI is InChI=1S/C49H95NO11S/c1-4-6-8-10-12-14-16-18-19-20-21-22-23-24-25-27-29-31-33-35-37-39-48(54)50-44(45(53)38-36-34-32-30-28-26-17-15-13-11-9-7-5-2)42-59-43(3)60-46(40-51)49(55)47(41-52)61-62(56,57)58/h18-19,36,38,43-47,49,51-53,55H,4-17,20-35,37,39-42H2,1-3H3,(H,50,54)(H,56,57,58)/b19-18-,38-36+/t43?,44?,45-,46?,47-,49+/m1/s1. The van der Waals surface area contributed by atoms with E-state index in [1.807, 2.05) is 6.08 Å². The SMILES string of the molecule is CCCCCCCC/C=C\CCCCCCCCCCCCCC(=O)NC(COC(C)OC(CO)[C@H](O)[C@@H](CO)OS(=O)(=O)O)[C@H](O)/C=C/CCCCCCCCCCCCC. The first kappa shape index (κ1) is 60.6. The number of nitrogens with one attached hydrogen (secondary N) is 1. The Morgan fingerprint density at radius 1 is 0.581 bits per heavy atom. The lowest BCUT2D eigenvalue weighted by atomic mass is 10.0. The first-order valence-corrected chi connectivity index (χ1v) is 26.5. The summed E-state index contributed by atoms with van der Waals surface area (Å²) >= 11 is 0. The predicted molar refractivity (Wildman–Crippen MR) is 252 cm³/mol. The van der Waals surface area contributed by atoms with Crippen molar-refractivity contribution in [2.75, 3.05) is 19.8 Å². The van der Waals surface area contributed by atoms with Crippen LogP contribution in [0.15, 0.2) is 24.3 Å². The van der Waals surface area contributed by atoms with Crippen LogP contribution in [0.5, 0.6) is 0 Å². The van der Waals surface area contributed by atoms with E-state index in [1.165, 1.54) is 161 Å². The van der Waals surface area contributed by atoms with E-state index in [9.17, 15) is 33.6 Å². The Hall–Kier alpha value is -1.42. The van der Waals surface area contributed by atoms with Gasteiger partial charge in [-0.1, -0.05) is 192 Å². The molecule has 0 aromatic carbocycles.